The van der Waals surface area contributed by atoms with E-state index in [2.05, 4.69) is 10.1 Å². The van der Waals surface area contributed by atoms with Gasteiger partial charge in [-0.25, -0.2) is 4.79 Å². The third-order valence-corrected chi connectivity index (χ3v) is 1.65. The Labute approximate surface area is 89.7 Å². The average molecular weight is 217 g/mol. The van der Waals surface area contributed by atoms with Crippen LogP contribution in [0, 0.1) is 0 Å². The predicted octanol–water partition coefficient (Wildman–Crippen LogP) is -0.561. The van der Waals surface area contributed by atoms with E-state index in [0.717, 1.165) is 0 Å². The fourth-order valence-electron chi connectivity index (χ4n) is 0.826. The highest BCUT2D eigenvalue weighted by molar-refractivity contribution is 5.81. The Hall–Kier alpha value is -0.910. The molecule has 0 aromatic carbocycles. The molecule has 0 aliphatic rings. The van der Waals surface area contributed by atoms with Crippen molar-refractivity contribution in [1.82, 2.24) is 5.32 Å². The van der Waals surface area contributed by atoms with Crippen LogP contribution in [0.15, 0.2) is 12.2 Å². The first kappa shape index (κ1) is 14.1. The number of carbonyl (C=O) groups excluding carboxylic acids is 1. The Morgan fingerprint density at radius 2 is 2.27 bits per heavy atom. The monoisotopic (exact) mass is 217 g/mol. The summed E-state index contributed by atoms with van der Waals surface area (Å²) >= 11 is 0. The van der Waals surface area contributed by atoms with E-state index >= 15 is 0 Å². The Kier molecular flexibility index (Phi) is 6.94. The summed E-state index contributed by atoms with van der Waals surface area (Å²) < 4.78 is 4.67. The summed E-state index contributed by atoms with van der Waals surface area (Å²) in [6.07, 6.45) is 2.93. The highest BCUT2D eigenvalue weighted by atomic mass is 16.5. The second-order valence-electron chi connectivity index (χ2n) is 3.44. The van der Waals surface area contributed by atoms with Gasteiger partial charge in [0.05, 0.1) is 18.8 Å². The van der Waals surface area contributed by atoms with Gasteiger partial charge in [-0.05, 0) is 13.8 Å². The zero-order valence-corrected chi connectivity index (χ0v) is 9.19. The number of aliphatic hydroxyl groups is 2. The van der Waals surface area contributed by atoms with Crippen molar-refractivity contribution in [1.29, 1.82) is 0 Å². The molecular formula is C10H19NO4. The van der Waals surface area contributed by atoms with Crippen molar-refractivity contribution >= 4 is 5.97 Å². The molecule has 0 amide bonds. The number of nitrogens with one attached hydrogen (secondary N) is 1. The van der Waals surface area contributed by atoms with Crippen molar-refractivity contribution in [2.24, 2.45) is 0 Å². The van der Waals surface area contributed by atoms with E-state index in [1.54, 1.807) is 13.0 Å². The molecule has 0 aromatic heterocycles. The fraction of sp³-hybridized carbons (Fsp3) is 0.700. The number of hydrogen-bond acceptors (Lipinski definition) is 5. The van der Waals surface area contributed by atoms with Gasteiger partial charge in [-0.15, -0.1) is 0 Å². The maximum Gasteiger partial charge on any atom is 0.330 e. The third-order valence-electron chi connectivity index (χ3n) is 1.65. The van der Waals surface area contributed by atoms with Gasteiger partial charge in [0, 0.05) is 19.2 Å². The summed E-state index contributed by atoms with van der Waals surface area (Å²) in [6.45, 7) is 4.01. The van der Waals surface area contributed by atoms with E-state index in [1.165, 1.54) is 13.0 Å². The molecule has 5 heteroatoms. The highest BCUT2D eigenvalue weighted by Gasteiger charge is 2.17. The molecule has 88 valence electrons. The summed E-state index contributed by atoms with van der Waals surface area (Å²) in [5.74, 6) is -0.381. The van der Waals surface area contributed by atoms with Gasteiger partial charge < -0.3 is 20.3 Å². The Balaban J connectivity index is 3.58. The average Bonchev–Trinajstić information content (AvgIpc) is 2.17. The number of hydrogen-bond donors (Lipinski definition) is 3. The van der Waals surface area contributed by atoms with Crippen LogP contribution in [-0.4, -0.2) is 48.1 Å². The van der Waals surface area contributed by atoms with Gasteiger partial charge in [0.25, 0.3) is 0 Å². The second kappa shape index (κ2) is 7.39. The normalized spacial score (nSPS) is 15.2. The van der Waals surface area contributed by atoms with Crippen LogP contribution in [0.1, 0.15) is 13.8 Å². The second-order valence-corrected chi connectivity index (χ2v) is 3.44. The molecule has 0 bridgehead atoms. The molecule has 0 radical (unpaired) electrons. The SMILES string of the molecule is CCOC(=O)/C=C/CNCC(C)(O)CO. The first-order chi connectivity index (χ1) is 7.02. The lowest BCUT2D eigenvalue weighted by Crippen LogP contribution is -2.41. The Morgan fingerprint density at radius 1 is 1.60 bits per heavy atom. The molecule has 0 aliphatic carbocycles. The van der Waals surface area contributed by atoms with Gasteiger partial charge in [-0.1, -0.05) is 6.08 Å². The van der Waals surface area contributed by atoms with E-state index in [9.17, 15) is 9.90 Å². The third kappa shape index (κ3) is 8.11. The topological polar surface area (TPSA) is 78.8 Å². The number of esters is 1. The van der Waals surface area contributed by atoms with Gasteiger partial charge in [0.15, 0.2) is 0 Å². The minimum atomic E-state index is -1.13. The van der Waals surface area contributed by atoms with Gasteiger partial charge in [-0.2, -0.15) is 0 Å². The van der Waals surface area contributed by atoms with Crippen LogP contribution in [0.4, 0.5) is 0 Å². The van der Waals surface area contributed by atoms with Crippen LogP contribution in [0.5, 0.6) is 0 Å². The van der Waals surface area contributed by atoms with Gasteiger partial charge in [-0.3, -0.25) is 0 Å². The van der Waals surface area contributed by atoms with Crippen molar-refractivity contribution in [2.45, 2.75) is 19.4 Å². The number of aliphatic hydroxyl groups excluding tert-OH is 1. The number of rotatable bonds is 7. The molecule has 1 unspecified atom stereocenters. The molecule has 0 aromatic rings. The minimum absolute atomic E-state index is 0.261. The van der Waals surface area contributed by atoms with Crippen LogP contribution < -0.4 is 5.32 Å². The van der Waals surface area contributed by atoms with Crippen molar-refractivity contribution in [3.8, 4) is 0 Å². The largest absolute Gasteiger partial charge is 0.463 e. The van der Waals surface area contributed by atoms with Gasteiger partial charge in [0.1, 0.15) is 0 Å². The molecule has 0 aliphatic heterocycles. The summed E-state index contributed by atoms with van der Waals surface area (Å²) in [5.41, 5.74) is -1.13. The van der Waals surface area contributed by atoms with E-state index in [1.807, 2.05) is 0 Å². The standard InChI is InChI=1S/C10H19NO4/c1-3-15-9(13)5-4-6-11-7-10(2,14)8-12/h4-5,11-12,14H,3,6-8H2,1-2H3/b5-4+. The van der Waals surface area contributed by atoms with E-state index in [0.29, 0.717) is 13.2 Å². The summed E-state index contributed by atoms with van der Waals surface area (Å²) in [4.78, 5) is 10.8. The van der Waals surface area contributed by atoms with Crippen molar-refractivity contribution in [3.05, 3.63) is 12.2 Å². The van der Waals surface area contributed by atoms with E-state index in [4.69, 9.17) is 5.11 Å². The maximum atomic E-state index is 10.8. The molecule has 1 atom stereocenters. The number of carbonyl (C=O) groups is 1. The summed E-state index contributed by atoms with van der Waals surface area (Å²) in [7, 11) is 0. The zero-order chi connectivity index (χ0) is 11.7. The predicted molar refractivity (Wildman–Crippen MR) is 56.4 cm³/mol. The molecule has 0 spiro atoms. The quantitative estimate of drug-likeness (QED) is 0.302. The molecular weight excluding hydrogens is 198 g/mol. The van der Waals surface area contributed by atoms with Crippen molar-refractivity contribution in [2.75, 3.05) is 26.3 Å². The molecule has 0 saturated carbocycles. The smallest absolute Gasteiger partial charge is 0.330 e. The lowest BCUT2D eigenvalue weighted by atomic mass is 10.1. The van der Waals surface area contributed by atoms with Crippen LogP contribution in [0.25, 0.3) is 0 Å². The zero-order valence-electron chi connectivity index (χ0n) is 9.19. The highest BCUT2D eigenvalue weighted by Crippen LogP contribution is 1.97. The van der Waals surface area contributed by atoms with E-state index < -0.39 is 5.60 Å². The summed E-state index contributed by atoms with van der Waals surface area (Å²) in [6, 6.07) is 0. The first-order valence-corrected chi connectivity index (χ1v) is 4.89. The molecule has 0 saturated heterocycles. The minimum Gasteiger partial charge on any atom is -0.463 e. The lowest BCUT2D eigenvalue weighted by Gasteiger charge is -2.19. The Morgan fingerprint density at radius 3 is 2.80 bits per heavy atom. The molecule has 0 fully saturated rings. The van der Waals surface area contributed by atoms with Gasteiger partial charge in [0.2, 0.25) is 0 Å². The number of ether oxygens (including phenoxy) is 1. The molecule has 5 nitrogen and oxygen atoms in total. The van der Waals surface area contributed by atoms with E-state index in [-0.39, 0.29) is 19.1 Å². The lowest BCUT2D eigenvalue weighted by molar-refractivity contribution is -0.137. The van der Waals surface area contributed by atoms with Crippen molar-refractivity contribution < 1.29 is 19.7 Å². The van der Waals surface area contributed by atoms with Crippen LogP contribution in [-0.2, 0) is 9.53 Å². The van der Waals surface area contributed by atoms with Crippen LogP contribution >= 0.6 is 0 Å². The maximum absolute atomic E-state index is 10.8. The van der Waals surface area contributed by atoms with Crippen LogP contribution in [0.3, 0.4) is 0 Å². The summed E-state index contributed by atoms with van der Waals surface area (Å²) in [5, 5.41) is 21.0. The fourth-order valence-corrected chi connectivity index (χ4v) is 0.826. The van der Waals surface area contributed by atoms with Crippen LogP contribution in [0.2, 0.25) is 0 Å². The Bertz CT molecular complexity index is 213. The molecule has 0 heterocycles. The first-order valence-electron chi connectivity index (χ1n) is 4.89. The molecule has 3 N–H and O–H groups in total. The molecule has 0 rings (SSSR count). The van der Waals surface area contributed by atoms with Crippen molar-refractivity contribution in [3.63, 3.8) is 0 Å². The van der Waals surface area contributed by atoms with Gasteiger partial charge >= 0.3 is 5.97 Å². The molecule has 15 heavy (non-hydrogen) atoms.